The van der Waals surface area contributed by atoms with E-state index >= 15 is 0 Å². The smallest absolute Gasteiger partial charge is 0.0730 e. The Balaban J connectivity index is 2.36. The van der Waals surface area contributed by atoms with Crippen LogP contribution < -0.4 is 0 Å². The van der Waals surface area contributed by atoms with Crippen LogP contribution in [0.25, 0.3) is 5.57 Å². The molecule has 0 bridgehead atoms. The molecule has 74 valence electrons. The van der Waals surface area contributed by atoms with Gasteiger partial charge < -0.3 is 5.11 Å². The molecule has 0 amide bonds. The number of benzene rings is 1. The van der Waals surface area contributed by atoms with E-state index in [1.165, 1.54) is 16.7 Å². The summed E-state index contributed by atoms with van der Waals surface area (Å²) >= 11 is 0. The maximum atomic E-state index is 9.45. The van der Waals surface area contributed by atoms with Gasteiger partial charge in [0.05, 0.1) is 6.10 Å². The van der Waals surface area contributed by atoms with Crippen LogP contribution in [0.15, 0.2) is 30.3 Å². The highest BCUT2D eigenvalue weighted by atomic mass is 16.3. The fourth-order valence-electron chi connectivity index (χ4n) is 2.07. The van der Waals surface area contributed by atoms with E-state index in [0.29, 0.717) is 0 Å². The minimum absolute atomic E-state index is 0.227. The van der Waals surface area contributed by atoms with Crippen LogP contribution in [0.2, 0.25) is 0 Å². The highest BCUT2D eigenvalue weighted by Gasteiger charge is 2.15. The van der Waals surface area contributed by atoms with Gasteiger partial charge in [0.2, 0.25) is 0 Å². The molecule has 1 aliphatic rings. The van der Waals surface area contributed by atoms with E-state index in [1.54, 1.807) is 0 Å². The number of hydrogen-bond acceptors (Lipinski definition) is 1. The molecule has 1 N–H and O–H groups in total. The second-order valence-corrected chi connectivity index (χ2v) is 3.81. The third-order valence-electron chi connectivity index (χ3n) is 2.85. The van der Waals surface area contributed by atoms with Crippen molar-refractivity contribution in [2.24, 2.45) is 0 Å². The Morgan fingerprint density at radius 3 is 2.79 bits per heavy atom. The average molecular weight is 188 g/mol. The van der Waals surface area contributed by atoms with Gasteiger partial charge in [-0.05, 0) is 36.0 Å². The molecule has 1 aromatic carbocycles. The van der Waals surface area contributed by atoms with Gasteiger partial charge in [0, 0.05) is 0 Å². The predicted octanol–water partition coefficient (Wildman–Crippen LogP) is 2.79. The molecule has 0 saturated carbocycles. The maximum Gasteiger partial charge on any atom is 0.0730 e. The minimum Gasteiger partial charge on any atom is -0.389 e. The zero-order valence-corrected chi connectivity index (χ0v) is 8.53. The van der Waals surface area contributed by atoms with Crippen molar-refractivity contribution >= 4 is 5.57 Å². The molecule has 1 unspecified atom stereocenters. The average Bonchev–Trinajstić information content (AvgIpc) is 2.65. The third kappa shape index (κ3) is 1.73. The summed E-state index contributed by atoms with van der Waals surface area (Å²) in [7, 11) is 0. The van der Waals surface area contributed by atoms with Crippen molar-refractivity contribution in [3.63, 3.8) is 0 Å². The second kappa shape index (κ2) is 3.97. The Morgan fingerprint density at radius 2 is 2.14 bits per heavy atom. The first-order valence-corrected chi connectivity index (χ1v) is 5.28. The Hall–Kier alpha value is -1.08. The summed E-state index contributed by atoms with van der Waals surface area (Å²) in [6, 6.07) is 8.47. The van der Waals surface area contributed by atoms with Gasteiger partial charge >= 0.3 is 0 Å². The molecule has 1 heteroatoms. The number of hydrogen-bond donors (Lipinski definition) is 1. The number of allylic oxidation sites excluding steroid dienone is 1. The maximum absolute atomic E-state index is 9.45. The van der Waals surface area contributed by atoms with E-state index in [0.717, 1.165) is 19.3 Å². The zero-order valence-electron chi connectivity index (χ0n) is 8.53. The Bertz CT molecular complexity index is 352. The van der Waals surface area contributed by atoms with Gasteiger partial charge in [-0.15, -0.1) is 0 Å². The van der Waals surface area contributed by atoms with Crippen LogP contribution in [0, 0.1) is 0 Å². The topological polar surface area (TPSA) is 20.2 Å². The van der Waals surface area contributed by atoms with E-state index < -0.39 is 0 Å². The van der Waals surface area contributed by atoms with Gasteiger partial charge in [0.15, 0.2) is 0 Å². The summed E-state index contributed by atoms with van der Waals surface area (Å²) in [5.41, 5.74) is 4.02. The molecule has 1 aliphatic carbocycles. The Morgan fingerprint density at radius 1 is 1.36 bits per heavy atom. The quantitative estimate of drug-likeness (QED) is 0.756. The number of aliphatic hydroxyl groups is 1. The Labute approximate surface area is 85.1 Å². The summed E-state index contributed by atoms with van der Waals surface area (Å²) in [6.45, 7) is 2.17. The van der Waals surface area contributed by atoms with Gasteiger partial charge in [-0.2, -0.15) is 0 Å². The van der Waals surface area contributed by atoms with Crippen LogP contribution in [-0.4, -0.2) is 11.2 Å². The molecule has 0 spiro atoms. The van der Waals surface area contributed by atoms with Gasteiger partial charge in [0.25, 0.3) is 0 Å². The predicted molar refractivity (Wildman–Crippen MR) is 59.0 cm³/mol. The third-order valence-corrected chi connectivity index (χ3v) is 2.85. The molecule has 0 aliphatic heterocycles. The molecule has 1 nitrogen and oxygen atoms in total. The van der Waals surface area contributed by atoms with Crippen LogP contribution in [0.3, 0.4) is 0 Å². The van der Waals surface area contributed by atoms with Crippen molar-refractivity contribution in [1.82, 2.24) is 0 Å². The number of rotatable bonds is 2. The fraction of sp³-hybridized carbons (Fsp3) is 0.385. The summed E-state index contributed by atoms with van der Waals surface area (Å²) in [4.78, 5) is 0. The van der Waals surface area contributed by atoms with E-state index in [9.17, 15) is 5.11 Å². The lowest BCUT2D eigenvalue weighted by molar-refractivity contribution is 0.223. The second-order valence-electron chi connectivity index (χ2n) is 3.81. The monoisotopic (exact) mass is 188 g/mol. The van der Waals surface area contributed by atoms with E-state index in [4.69, 9.17) is 0 Å². The van der Waals surface area contributed by atoms with Crippen LogP contribution in [0.1, 0.15) is 30.9 Å². The van der Waals surface area contributed by atoms with Crippen molar-refractivity contribution in [3.05, 3.63) is 41.5 Å². The number of aryl methyl sites for hydroxylation is 1. The number of aliphatic hydroxyl groups excluding tert-OH is 1. The molecule has 1 aromatic rings. The van der Waals surface area contributed by atoms with Gasteiger partial charge in [-0.25, -0.2) is 0 Å². The van der Waals surface area contributed by atoms with Gasteiger partial charge in [0.1, 0.15) is 0 Å². The largest absolute Gasteiger partial charge is 0.389 e. The van der Waals surface area contributed by atoms with Gasteiger partial charge in [-0.3, -0.25) is 0 Å². The van der Waals surface area contributed by atoms with Crippen molar-refractivity contribution in [2.75, 3.05) is 0 Å². The fourth-order valence-corrected chi connectivity index (χ4v) is 2.07. The zero-order chi connectivity index (χ0) is 9.97. The Kier molecular flexibility index (Phi) is 2.69. The first-order chi connectivity index (χ1) is 6.81. The summed E-state index contributed by atoms with van der Waals surface area (Å²) in [5.74, 6) is 0. The lowest BCUT2D eigenvalue weighted by Crippen LogP contribution is -1.93. The highest BCUT2D eigenvalue weighted by molar-refractivity contribution is 5.70. The molecule has 0 fully saturated rings. The van der Waals surface area contributed by atoms with Gasteiger partial charge in [-0.1, -0.05) is 37.3 Å². The van der Waals surface area contributed by atoms with E-state index in [2.05, 4.69) is 31.2 Å². The van der Waals surface area contributed by atoms with Crippen LogP contribution in [0.5, 0.6) is 0 Å². The molecule has 1 atom stereocenters. The minimum atomic E-state index is -0.227. The molecule has 0 heterocycles. The molecule has 0 radical (unpaired) electrons. The van der Waals surface area contributed by atoms with Crippen molar-refractivity contribution in [1.29, 1.82) is 0 Å². The lowest BCUT2D eigenvalue weighted by atomic mass is 9.98. The van der Waals surface area contributed by atoms with E-state index in [1.807, 2.05) is 6.08 Å². The molecular weight excluding hydrogens is 172 g/mol. The van der Waals surface area contributed by atoms with Crippen LogP contribution in [-0.2, 0) is 6.42 Å². The summed E-state index contributed by atoms with van der Waals surface area (Å²) < 4.78 is 0. The van der Waals surface area contributed by atoms with Crippen LogP contribution >= 0.6 is 0 Å². The SMILES string of the molecule is CCc1ccccc1C1=CC(O)CC1. The highest BCUT2D eigenvalue weighted by Crippen LogP contribution is 2.30. The van der Waals surface area contributed by atoms with Crippen molar-refractivity contribution in [3.8, 4) is 0 Å². The molecule has 2 rings (SSSR count). The summed E-state index contributed by atoms with van der Waals surface area (Å²) in [6.07, 6.45) is 4.72. The van der Waals surface area contributed by atoms with Crippen LogP contribution in [0.4, 0.5) is 0 Å². The molecular formula is C13H16O. The molecule has 0 saturated heterocycles. The normalized spacial score (nSPS) is 21.0. The van der Waals surface area contributed by atoms with E-state index in [-0.39, 0.29) is 6.10 Å². The molecule has 14 heavy (non-hydrogen) atoms. The van der Waals surface area contributed by atoms with Crippen molar-refractivity contribution < 1.29 is 5.11 Å². The standard InChI is InChI=1S/C13H16O/c1-2-10-5-3-4-6-13(10)11-7-8-12(14)9-11/h3-6,9,12,14H,2,7-8H2,1H3. The first-order valence-electron chi connectivity index (χ1n) is 5.28. The first kappa shape index (κ1) is 9.47. The molecule has 0 aromatic heterocycles. The van der Waals surface area contributed by atoms with Crippen molar-refractivity contribution in [2.45, 2.75) is 32.3 Å². The summed E-state index contributed by atoms with van der Waals surface area (Å²) in [5, 5.41) is 9.45. The lowest BCUT2D eigenvalue weighted by Gasteiger charge is -2.07.